The fourth-order valence-electron chi connectivity index (χ4n) is 2.38. The smallest absolute Gasteiger partial charge is 0.333 e. The molecule has 21 heteroatoms. The molecular formula is C15H14F17NO3. The minimum Gasteiger partial charge on any atom is -0.333 e. The van der Waals surface area contributed by atoms with Gasteiger partial charge in [0.25, 0.3) is 5.91 Å². The summed E-state index contributed by atoms with van der Waals surface area (Å²) in [5.41, 5.74) is 0. The van der Waals surface area contributed by atoms with Crippen LogP contribution in [0.3, 0.4) is 0 Å². The molecule has 0 aromatic heterocycles. The average Bonchev–Trinajstić information content (AvgIpc) is 2.56. The van der Waals surface area contributed by atoms with E-state index in [1.165, 1.54) is 4.74 Å². The van der Waals surface area contributed by atoms with E-state index in [4.69, 9.17) is 0 Å². The number of alkyl halides is 17. The van der Waals surface area contributed by atoms with E-state index in [1.54, 1.807) is 0 Å². The van der Waals surface area contributed by atoms with Crippen molar-refractivity contribution in [2.75, 3.05) is 0 Å². The quantitative estimate of drug-likeness (QED) is 0.293. The van der Waals surface area contributed by atoms with E-state index in [9.17, 15) is 79.4 Å². The van der Waals surface area contributed by atoms with E-state index >= 15 is 0 Å². The second-order valence-corrected chi connectivity index (χ2v) is 7.40. The first-order valence-electron chi connectivity index (χ1n) is 8.78. The lowest BCUT2D eigenvalue weighted by atomic mass is 10.1. The van der Waals surface area contributed by atoms with Crippen LogP contribution in [0.25, 0.3) is 0 Å². The van der Waals surface area contributed by atoms with E-state index in [0.29, 0.717) is 0 Å². The van der Waals surface area contributed by atoms with Crippen molar-refractivity contribution < 1.29 is 88.9 Å². The molecule has 2 atom stereocenters. The van der Waals surface area contributed by atoms with Crippen molar-refractivity contribution in [3.05, 3.63) is 0 Å². The number of rotatable bonds is 9. The molecule has 0 fully saturated rings. The molecule has 0 aliphatic heterocycles. The first kappa shape index (κ1) is 34.2. The van der Waals surface area contributed by atoms with Crippen LogP contribution >= 0.6 is 0 Å². The minimum absolute atomic E-state index is 0.287. The third kappa shape index (κ3) is 5.85. The zero-order valence-electron chi connectivity index (χ0n) is 17.8. The number of carbonyl (C=O) groups is 1. The standard InChI is InChI=1S/C15H14F17NO3/c1-5(2)33(6(3)4)7(34)8(16,11(20,21)22)35-15(31,32)10(19,13(26,27)28)36-14(29,30)9(17,18)12(23,24)25/h5-6H,1-4H3/t8-,10+/m1/s1. The van der Waals surface area contributed by atoms with Crippen LogP contribution in [0.2, 0.25) is 0 Å². The van der Waals surface area contributed by atoms with Crippen LogP contribution in [-0.2, 0) is 14.3 Å². The summed E-state index contributed by atoms with van der Waals surface area (Å²) < 4.78 is 227. The van der Waals surface area contributed by atoms with Gasteiger partial charge >= 0.3 is 48.4 Å². The van der Waals surface area contributed by atoms with Crippen molar-refractivity contribution in [2.45, 2.75) is 88.2 Å². The van der Waals surface area contributed by atoms with Gasteiger partial charge in [-0.25, -0.2) is 0 Å². The molecule has 216 valence electrons. The van der Waals surface area contributed by atoms with Crippen molar-refractivity contribution in [1.82, 2.24) is 4.90 Å². The Morgan fingerprint density at radius 1 is 0.556 bits per heavy atom. The number of amides is 1. The molecule has 0 aliphatic rings. The van der Waals surface area contributed by atoms with Gasteiger partial charge in [-0.2, -0.15) is 74.6 Å². The predicted molar refractivity (Wildman–Crippen MR) is 80.0 cm³/mol. The third-order valence-corrected chi connectivity index (χ3v) is 3.99. The van der Waals surface area contributed by atoms with Crippen LogP contribution in [0, 0.1) is 0 Å². The Labute approximate surface area is 189 Å². The molecule has 0 saturated heterocycles. The monoisotopic (exact) mass is 579 g/mol. The normalized spacial score (nSPS) is 18.3. The average molecular weight is 579 g/mol. The molecule has 0 radical (unpaired) electrons. The summed E-state index contributed by atoms with van der Waals surface area (Å²) in [7, 11) is 0. The van der Waals surface area contributed by atoms with Crippen molar-refractivity contribution in [2.24, 2.45) is 0 Å². The number of carbonyl (C=O) groups excluding carboxylic acids is 1. The summed E-state index contributed by atoms with van der Waals surface area (Å²) in [4.78, 5) is 11.7. The second-order valence-electron chi connectivity index (χ2n) is 7.40. The highest BCUT2D eigenvalue weighted by Gasteiger charge is 2.85. The van der Waals surface area contributed by atoms with Gasteiger partial charge in [0, 0.05) is 12.1 Å². The Bertz CT molecular complexity index is 780. The molecule has 0 rings (SSSR count). The minimum atomic E-state index is -8.03. The summed E-state index contributed by atoms with van der Waals surface area (Å²) in [6.07, 6.45) is -38.4. The zero-order valence-corrected chi connectivity index (χ0v) is 17.8. The topological polar surface area (TPSA) is 38.8 Å². The lowest BCUT2D eigenvalue weighted by Gasteiger charge is -2.42. The van der Waals surface area contributed by atoms with Gasteiger partial charge in [-0.15, -0.1) is 0 Å². The van der Waals surface area contributed by atoms with Gasteiger partial charge in [-0.3, -0.25) is 14.3 Å². The number of hydrogen-bond donors (Lipinski definition) is 0. The predicted octanol–water partition coefficient (Wildman–Crippen LogP) is 6.50. The first-order chi connectivity index (χ1) is 15.3. The highest BCUT2D eigenvalue weighted by atomic mass is 19.4. The highest BCUT2D eigenvalue weighted by molar-refractivity contribution is 5.85. The van der Waals surface area contributed by atoms with Crippen LogP contribution in [0.15, 0.2) is 0 Å². The zero-order chi connectivity index (χ0) is 29.7. The maximum Gasteiger partial charge on any atom is 0.462 e. The molecule has 0 spiro atoms. The van der Waals surface area contributed by atoms with E-state index in [-0.39, 0.29) is 4.90 Å². The number of nitrogens with zero attached hydrogens (tertiary/aromatic N) is 1. The SMILES string of the molecule is CC(C)N(C(=O)[C@@](F)(OC(F)(F)[C@@](F)(OC(F)(F)C(F)(F)C(F)(F)F)C(F)(F)F)C(F)(F)F)C(C)C. The van der Waals surface area contributed by atoms with Gasteiger partial charge in [0.2, 0.25) is 0 Å². The molecule has 0 aromatic carbocycles. The maximum absolute atomic E-state index is 14.6. The Morgan fingerprint density at radius 3 is 1.17 bits per heavy atom. The highest BCUT2D eigenvalue weighted by Crippen LogP contribution is 2.56. The summed E-state index contributed by atoms with van der Waals surface area (Å²) >= 11 is 0. The molecule has 0 bridgehead atoms. The summed E-state index contributed by atoms with van der Waals surface area (Å²) in [5, 5.41) is 0. The molecular weight excluding hydrogens is 565 g/mol. The molecule has 36 heavy (non-hydrogen) atoms. The molecule has 1 amide bonds. The van der Waals surface area contributed by atoms with Crippen LogP contribution in [0.5, 0.6) is 0 Å². The first-order valence-corrected chi connectivity index (χ1v) is 8.78. The van der Waals surface area contributed by atoms with Crippen LogP contribution in [-0.4, -0.2) is 71.3 Å². The largest absolute Gasteiger partial charge is 0.462 e. The lowest BCUT2D eigenvalue weighted by Crippen LogP contribution is -2.69. The maximum atomic E-state index is 14.6. The van der Waals surface area contributed by atoms with E-state index in [1.807, 2.05) is 0 Å². The van der Waals surface area contributed by atoms with Gasteiger partial charge in [0.15, 0.2) is 0 Å². The fraction of sp³-hybridized carbons (Fsp3) is 0.933. The number of hydrogen-bond acceptors (Lipinski definition) is 3. The molecule has 0 aliphatic carbocycles. The molecule has 0 heterocycles. The van der Waals surface area contributed by atoms with Crippen molar-refractivity contribution >= 4 is 5.91 Å². The van der Waals surface area contributed by atoms with Gasteiger partial charge in [0.1, 0.15) is 0 Å². The molecule has 4 nitrogen and oxygen atoms in total. The number of ether oxygens (including phenoxy) is 2. The van der Waals surface area contributed by atoms with Crippen molar-refractivity contribution in [3.63, 3.8) is 0 Å². The Balaban J connectivity index is 6.99. The van der Waals surface area contributed by atoms with E-state index in [2.05, 4.69) is 4.74 Å². The van der Waals surface area contributed by atoms with Gasteiger partial charge in [-0.1, -0.05) is 0 Å². The number of halogens is 17. The van der Waals surface area contributed by atoms with Crippen LogP contribution in [0.1, 0.15) is 27.7 Å². The van der Waals surface area contributed by atoms with Crippen molar-refractivity contribution in [3.8, 4) is 0 Å². The summed E-state index contributed by atoms with van der Waals surface area (Å²) in [6, 6.07) is -3.15. The van der Waals surface area contributed by atoms with Gasteiger partial charge in [-0.05, 0) is 27.7 Å². The molecule has 0 N–H and O–H groups in total. The van der Waals surface area contributed by atoms with Crippen LogP contribution in [0.4, 0.5) is 74.6 Å². The Hall–Kier alpha value is -1.80. The van der Waals surface area contributed by atoms with E-state index < -0.39 is 66.4 Å². The molecule has 0 unspecified atom stereocenters. The molecule has 0 aromatic rings. The third-order valence-electron chi connectivity index (χ3n) is 3.99. The molecule has 0 saturated carbocycles. The van der Waals surface area contributed by atoms with E-state index in [0.717, 1.165) is 27.7 Å². The van der Waals surface area contributed by atoms with Crippen LogP contribution < -0.4 is 0 Å². The van der Waals surface area contributed by atoms with Gasteiger partial charge < -0.3 is 4.90 Å². The van der Waals surface area contributed by atoms with Crippen molar-refractivity contribution in [1.29, 1.82) is 0 Å². The fourth-order valence-corrected chi connectivity index (χ4v) is 2.38. The van der Waals surface area contributed by atoms with Gasteiger partial charge in [0.05, 0.1) is 0 Å². The summed E-state index contributed by atoms with van der Waals surface area (Å²) in [5.74, 6) is -25.9. The summed E-state index contributed by atoms with van der Waals surface area (Å²) in [6.45, 7) is 3.24. The Morgan fingerprint density at radius 2 is 0.917 bits per heavy atom. The Kier molecular flexibility index (Phi) is 9.02. The second kappa shape index (κ2) is 9.50. The lowest BCUT2D eigenvalue weighted by molar-refractivity contribution is -0.548.